The third-order valence-electron chi connectivity index (χ3n) is 4.14. The monoisotopic (exact) mass is 198 g/mol. The van der Waals surface area contributed by atoms with Crippen LogP contribution < -0.4 is 5.73 Å². The molecule has 0 aromatic carbocycles. The zero-order valence-electron chi connectivity index (χ0n) is 9.17. The van der Waals surface area contributed by atoms with Crippen molar-refractivity contribution in [2.24, 2.45) is 17.1 Å². The molecule has 2 N–H and O–H groups in total. The fourth-order valence-corrected chi connectivity index (χ4v) is 3.15. The molecule has 2 aliphatic heterocycles. The van der Waals surface area contributed by atoms with E-state index in [0.29, 0.717) is 0 Å². The van der Waals surface area contributed by atoms with Crippen molar-refractivity contribution in [2.75, 3.05) is 39.9 Å². The Morgan fingerprint density at radius 1 is 1.50 bits per heavy atom. The number of hydrogen-bond donors (Lipinski definition) is 1. The summed E-state index contributed by atoms with van der Waals surface area (Å²) < 4.78 is 5.37. The zero-order chi connectivity index (χ0) is 10.0. The van der Waals surface area contributed by atoms with Gasteiger partial charge < -0.3 is 15.4 Å². The van der Waals surface area contributed by atoms with Crippen LogP contribution in [0, 0.1) is 11.3 Å². The largest absolute Gasteiger partial charge is 0.384 e. The molecule has 0 aromatic heterocycles. The molecule has 82 valence electrons. The van der Waals surface area contributed by atoms with Crippen molar-refractivity contribution in [1.82, 2.24) is 4.90 Å². The molecule has 3 unspecified atom stereocenters. The summed E-state index contributed by atoms with van der Waals surface area (Å²) in [5, 5.41) is 0. The van der Waals surface area contributed by atoms with Gasteiger partial charge >= 0.3 is 0 Å². The minimum atomic E-state index is 0.283. The molecule has 2 heterocycles. The summed E-state index contributed by atoms with van der Waals surface area (Å²) in [4.78, 5) is 2.58. The summed E-state index contributed by atoms with van der Waals surface area (Å²) in [7, 11) is 1.80. The van der Waals surface area contributed by atoms with Crippen molar-refractivity contribution in [3.05, 3.63) is 0 Å². The number of piperidine rings is 2. The van der Waals surface area contributed by atoms with Crippen LogP contribution in [0.15, 0.2) is 0 Å². The number of ether oxygens (including phenoxy) is 1. The van der Waals surface area contributed by atoms with Crippen molar-refractivity contribution >= 4 is 0 Å². The molecule has 0 saturated carbocycles. The highest BCUT2D eigenvalue weighted by molar-refractivity contribution is 4.95. The highest BCUT2D eigenvalue weighted by atomic mass is 16.5. The lowest BCUT2D eigenvalue weighted by Crippen LogP contribution is -2.55. The molecular weight excluding hydrogens is 176 g/mol. The minimum absolute atomic E-state index is 0.283. The van der Waals surface area contributed by atoms with Crippen LogP contribution in [0.2, 0.25) is 0 Å². The molecule has 14 heavy (non-hydrogen) atoms. The molecule has 0 radical (unpaired) electrons. The van der Waals surface area contributed by atoms with Gasteiger partial charge in [0.15, 0.2) is 0 Å². The van der Waals surface area contributed by atoms with Gasteiger partial charge in [-0.2, -0.15) is 0 Å². The van der Waals surface area contributed by atoms with Crippen LogP contribution in [0.4, 0.5) is 0 Å². The topological polar surface area (TPSA) is 38.5 Å². The quantitative estimate of drug-likeness (QED) is 0.725. The lowest BCUT2D eigenvalue weighted by molar-refractivity contribution is -0.0434. The zero-order valence-corrected chi connectivity index (χ0v) is 9.17. The first kappa shape index (κ1) is 10.4. The van der Waals surface area contributed by atoms with Crippen molar-refractivity contribution in [3.8, 4) is 0 Å². The smallest absolute Gasteiger partial charge is 0.0534 e. The lowest BCUT2D eigenvalue weighted by Gasteiger charge is -2.50. The molecule has 0 aliphatic carbocycles. The van der Waals surface area contributed by atoms with Crippen LogP contribution in [0.1, 0.15) is 19.3 Å². The van der Waals surface area contributed by atoms with E-state index < -0.39 is 0 Å². The molecule has 0 aromatic rings. The molecule has 3 heteroatoms. The summed E-state index contributed by atoms with van der Waals surface area (Å²) >= 11 is 0. The minimum Gasteiger partial charge on any atom is -0.384 e. The van der Waals surface area contributed by atoms with Crippen LogP contribution in [0.25, 0.3) is 0 Å². The van der Waals surface area contributed by atoms with Crippen LogP contribution in [-0.2, 0) is 4.74 Å². The van der Waals surface area contributed by atoms with E-state index in [-0.39, 0.29) is 5.41 Å². The van der Waals surface area contributed by atoms with E-state index in [4.69, 9.17) is 10.5 Å². The fraction of sp³-hybridized carbons (Fsp3) is 1.00. The Morgan fingerprint density at radius 2 is 2.36 bits per heavy atom. The second-order valence-electron chi connectivity index (χ2n) is 4.89. The summed E-state index contributed by atoms with van der Waals surface area (Å²) in [6.45, 7) is 5.41. The second-order valence-corrected chi connectivity index (χ2v) is 4.89. The van der Waals surface area contributed by atoms with E-state index in [9.17, 15) is 0 Å². The highest BCUT2D eigenvalue weighted by Gasteiger charge is 2.43. The Labute approximate surface area is 86.6 Å². The van der Waals surface area contributed by atoms with Gasteiger partial charge in [-0.1, -0.05) is 0 Å². The van der Waals surface area contributed by atoms with E-state index in [1.165, 1.54) is 38.9 Å². The molecule has 0 spiro atoms. The Morgan fingerprint density at radius 3 is 3.07 bits per heavy atom. The third-order valence-corrected chi connectivity index (χ3v) is 4.14. The average molecular weight is 198 g/mol. The number of hydrogen-bond acceptors (Lipinski definition) is 3. The van der Waals surface area contributed by atoms with Gasteiger partial charge in [0.25, 0.3) is 0 Å². The van der Waals surface area contributed by atoms with Crippen LogP contribution in [0.5, 0.6) is 0 Å². The van der Waals surface area contributed by atoms with Crippen LogP contribution >= 0.6 is 0 Å². The fourth-order valence-electron chi connectivity index (χ4n) is 3.15. The maximum Gasteiger partial charge on any atom is 0.0534 e. The Bertz CT molecular complexity index is 198. The standard InChI is InChI=1S/C11H22N2O/c1-14-9-11(8-12)4-6-13-5-2-3-10(11)7-13/h10H,2-9,12H2,1H3. The Hall–Kier alpha value is -0.120. The number of nitrogens with zero attached hydrogens (tertiary/aromatic N) is 1. The SMILES string of the molecule is COCC1(CN)CCN2CCCC1C2. The van der Waals surface area contributed by atoms with Crippen molar-refractivity contribution in [3.63, 3.8) is 0 Å². The molecule has 2 saturated heterocycles. The van der Waals surface area contributed by atoms with Crippen molar-refractivity contribution in [1.29, 1.82) is 0 Å². The maximum absolute atomic E-state index is 5.96. The number of nitrogens with two attached hydrogens (primary N) is 1. The Kier molecular flexibility index (Phi) is 3.10. The first-order valence-electron chi connectivity index (χ1n) is 5.72. The van der Waals surface area contributed by atoms with Gasteiger partial charge in [-0.05, 0) is 38.3 Å². The van der Waals surface area contributed by atoms with Gasteiger partial charge in [0.2, 0.25) is 0 Å². The van der Waals surface area contributed by atoms with Crippen LogP contribution in [-0.4, -0.2) is 44.8 Å². The first-order valence-corrected chi connectivity index (χ1v) is 5.72. The van der Waals surface area contributed by atoms with Gasteiger partial charge in [0.1, 0.15) is 0 Å². The van der Waals surface area contributed by atoms with Crippen molar-refractivity contribution < 1.29 is 4.74 Å². The molecule has 2 aliphatic rings. The summed E-state index contributed by atoms with van der Waals surface area (Å²) in [5.74, 6) is 0.773. The average Bonchev–Trinajstić information content (AvgIpc) is 2.24. The van der Waals surface area contributed by atoms with Gasteiger partial charge in [0, 0.05) is 25.6 Å². The highest BCUT2D eigenvalue weighted by Crippen LogP contribution is 2.41. The normalized spacial score (nSPS) is 42.4. The number of fused-ring (bicyclic) bond motifs is 2. The molecular formula is C11H22N2O. The van der Waals surface area contributed by atoms with E-state index in [2.05, 4.69) is 4.90 Å². The Balaban J connectivity index is 2.08. The van der Waals surface area contributed by atoms with Gasteiger partial charge in [-0.15, -0.1) is 0 Å². The molecule has 3 nitrogen and oxygen atoms in total. The van der Waals surface area contributed by atoms with E-state index in [1.54, 1.807) is 7.11 Å². The summed E-state index contributed by atoms with van der Waals surface area (Å²) in [5.41, 5.74) is 6.24. The summed E-state index contributed by atoms with van der Waals surface area (Å²) in [6.07, 6.45) is 3.91. The van der Waals surface area contributed by atoms with Gasteiger partial charge in [-0.25, -0.2) is 0 Å². The summed E-state index contributed by atoms with van der Waals surface area (Å²) in [6, 6.07) is 0. The second kappa shape index (κ2) is 4.17. The van der Waals surface area contributed by atoms with Gasteiger partial charge in [0.05, 0.1) is 6.61 Å². The van der Waals surface area contributed by atoms with Gasteiger partial charge in [-0.3, -0.25) is 0 Å². The predicted molar refractivity (Wildman–Crippen MR) is 57.1 cm³/mol. The first-order chi connectivity index (χ1) is 6.80. The number of methoxy groups -OCH3 is 1. The third kappa shape index (κ3) is 1.69. The maximum atomic E-state index is 5.96. The van der Waals surface area contributed by atoms with E-state index >= 15 is 0 Å². The van der Waals surface area contributed by atoms with E-state index in [1.807, 2.05) is 0 Å². The predicted octanol–water partition coefficient (Wildman–Crippen LogP) is 0.694. The molecule has 2 rings (SSSR count). The molecule has 3 atom stereocenters. The molecule has 0 amide bonds. The van der Waals surface area contributed by atoms with Crippen molar-refractivity contribution in [2.45, 2.75) is 19.3 Å². The lowest BCUT2D eigenvalue weighted by atomic mass is 9.67. The van der Waals surface area contributed by atoms with E-state index in [0.717, 1.165) is 19.1 Å². The number of rotatable bonds is 3. The molecule has 2 fully saturated rings. The molecule has 2 bridgehead atoms. The van der Waals surface area contributed by atoms with Crippen LogP contribution in [0.3, 0.4) is 0 Å².